The number of hydrogen-bond acceptors (Lipinski definition) is 2. The largest absolute Gasteiger partial charge is 0.339 e. The molecule has 1 aromatic rings. The first-order valence-corrected chi connectivity index (χ1v) is 7.24. The van der Waals surface area contributed by atoms with Gasteiger partial charge in [-0.3, -0.25) is 4.79 Å². The van der Waals surface area contributed by atoms with Gasteiger partial charge in [0.1, 0.15) is 5.54 Å². The van der Waals surface area contributed by atoms with E-state index in [1.807, 2.05) is 30.1 Å². The standard InChI is InChI=1S/C16H24N2O/c1-4-11-16(12-5-2)15(19)17(3)13-18(16)14-9-7-6-8-10-14/h6-10H,4-5,11-13H2,1-3H3. The van der Waals surface area contributed by atoms with E-state index in [0.717, 1.165) is 31.4 Å². The van der Waals surface area contributed by atoms with Gasteiger partial charge in [0.15, 0.2) is 0 Å². The van der Waals surface area contributed by atoms with E-state index in [0.29, 0.717) is 6.67 Å². The summed E-state index contributed by atoms with van der Waals surface area (Å²) in [6.45, 7) is 5.02. The molecule has 19 heavy (non-hydrogen) atoms. The van der Waals surface area contributed by atoms with Crippen molar-refractivity contribution in [2.75, 3.05) is 18.6 Å². The minimum Gasteiger partial charge on any atom is -0.339 e. The molecule has 1 aliphatic heterocycles. The molecule has 1 fully saturated rings. The van der Waals surface area contributed by atoms with Crippen LogP contribution in [0.3, 0.4) is 0 Å². The van der Waals surface area contributed by atoms with Crippen LogP contribution in [0, 0.1) is 0 Å². The van der Waals surface area contributed by atoms with E-state index in [4.69, 9.17) is 0 Å². The number of rotatable bonds is 5. The van der Waals surface area contributed by atoms with Gasteiger partial charge in [-0.2, -0.15) is 0 Å². The molecule has 1 aliphatic rings. The second-order valence-electron chi connectivity index (χ2n) is 5.44. The normalized spacial score (nSPS) is 18.2. The predicted molar refractivity (Wildman–Crippen MR) is 79.1 cm³/mol. The van der Waals surface area contributed by atoms with Crippen molar-refractivity contribution < 1.29 is 4.79 Å². The molecule has 3 nitrogen and oxygen atoms in total. The molecule has 1 amide bonds. The Labute approximate surface area is 116 Å². The van der Waals surface area contributed by atoms with Crippen LogP contribution >= 0.6 is 0 Å². The Hall–Kier alpha value is -1.51. The van der Waals surface area contributed by atoms with Crippen molar-refractivity contribution in [3.05, 3.63) is 30.3 Å². The number of amides is 1. The molecule has 1 aromatic carbocycles. The zero-order valence-electron chi connectivity index (χ0n) is 12.2. The average molecular weight is 260 g/mol. The van der Waals surface area contributed by atoms with E-state index in [2.05, 4.69) is 30.9 Å². The molecule has 0 atom stereocenters. The Morgan fingerprint density at radius 2 is 1.68 bits per heavy atom. The lowest BCUT2D eigenvalue weighted by Gasteiger charge is -2.37. The van der Waals surface area contributed by atoms with Crippen molar-refractivity contribution in [3.63, 3.8) is 0 Å². The Bertz CT molecular complexity index is 424. The number of benzene rings is 1. The van der Waals surface area contributed by atoms with E-state index >= 15 is 0 Å². The third-order valence-electron chi connectivity index (χ3n) is 4.01. The average Bonchev–Trinajstić information content (AvgIpc) is 2.66. The molecule has 1 heterocycles. The molecule has 0 N–H and O–H groups in total. The smallest absolute Gasteiger partial charge is 0.249 e. The number of likely N-dealkylation sites (N-methyl/N-ethyl adjacent to an activating group) is 1. The third-order valence-corrected chi connectivity index (χ3v) is 4.01. The molecule has 0 bridgehead atoms. The highest BCUT2D eigenvalue weighted by atomic mass is 16.2. The Morgan fingerprint density at radius 3 is 2.21 bits per heavy atom. The quantitative estimate of drug-likeness (QED) is 0.811. The maximum atomic E-state index is 12.7. The molecule has 1 saturated heterocycles. The number of hydrogen-bond donors (Lipinski definition) is 0. The SMILES string of the molecule is CCCC1(CCC)C(=O)N(C)CN1c1ccccc1. The summed E-state index contributed by atoms with van der Waals surface area (Å²) in [6.07, 6.45) is 3.92. The van der Waals surface area contributed by atoms with Crippen LogP contribution in [0.4, 0.5) is 5.69 Å². The van der Waals surface area contributed by atoms with Gasteiger partial charge in [-0.15, -0.1) is 0 Å². The maximum absolute atomic E-state index is 12.7. The molecular weight excluding hydrogens is 236 g/mol. The van der Waals surface area contributed by atoms with E-state index in [1.165, 1.54) is 0 Å². The molecule has 0 aliphatic carbocycles. The number of anilines is 1. The number of para-hydroxylation sites is 1. The Kier molecular flexibility index (Phi) is 4.13. The van der Waals surface area contributed by atoms with Crippen molar-refractivity contribution in [1.29, 1.82) is 0 Å². The fourth-order valence-corrected chi connectivity index (χ4v) is 3.26. The minimum absolute atomic E-state index is 0.278. The van der Waals surface area contributed by atoms with E-state index in [1.54, 1.807) is 0 Å². The second kappa shape index (κ2) is 5.64. The van der Waals surface area contributed by atoms with Gasteiger partial charge in [0.2, 0.25) is 5.91 Å². The van der Waals surface area contributed by atoms with Crippen LogP contribution in [0.5, 0.6) is 0 Å². The zero-order valence-corrected chi connectivity index (χ0v) is 12.2. The van der Waals surface area contributed by atoms with Crippen LogP contribution in [0.15, 0.2) is 30.3 Å². The number of carbonyl (C=O) groups is 1. The van der Waals surface area contributed by atoms with Crippen molar-refractivity contribution in [2.45, 2.75) is 45.1 Å². The summed E-state index contributed by atoms with van der Waals surface area (Å²) in [4.78, 5) is 16.8. The van der Waals surface area contributed by atoms with Crippen molar-refractivity contribution in [2.24, 2.45) is 0 Å². The molecule has 3 heteroatoms. The first-order valence-electron chi connectivity index (χ1n) is 7.24. The summed E-state index contributed by atoms with van der Waals surface area (Å²) in [7, 11) is 1.91. The van der Waals surface area contributed by atoms with Gasteiger partial charge in [-0.05, 0) is 25.0 Å². The summed E-state index contributed by atoms with van der Waals surface area (Å²) in [5, 5.41) is 0. The van der Waals surface area contributed by atoms with Gasteiger partial charge in [0.25, 0.3) is 0 Å². The molecule has 2 rings (SSSR count). The highest BCUT2D eigenvalue weighted by Gasteiger charge is 2.49. The van der Waals surface area contributed by atoms with Gasteiger partial charge >= 0.3 is 0 Å². The lowest BCUT2D eigenvalue weighted by molar-refractivity contribution is -0.131. The van der Waals surface area contributed by atoms with Crippen LogP contribution in [0.1, 0.15) is 39.5 Å². The fraction of sp³-hybridized carbons (Fsp3) is 0.562. The molecule has 0 radical (unpaired) electrons. The fourth-order valence-electron chi connectivity index (χ4n) is 3.26. The van der Waals surface area contributed by atoms with Crippen molar-refractivity contribution >= 4 is 11.6 Å². The van der Waals surface area contributed by atoms with Crippen LogP contribution in [-0.2, 0) is 4.79 Å². The molecule has 0 saturated carbocycles. The van der Waals surface area contributed by atoms with Gasteiger partial charge in [0, 0.05) is 12.7 Å². The van der Waals surface area contributed by atoms with Crippen molar-refractivity contribution in [3.8, 4) is 0 Å². The minimum atomic E-state index is -0.334. The van der Waals surface area contributed by atoms with Gasteiger partial charge in [0.05, 0.1) is 6.67 Å². The van der Waals surface area contributed by atoms with Crippen LogP contribution < -0.4 is 4.90 Å². The zero-order chi connectivity index (χ0) is 13.9. The van der Waals surface area contributed by atoms with Crippen molar-refractivity contribution in [1.82, 2.24) is 4.90 Å². The number of carbonyl (C=O) groups excluding carboxylic acids is 1. The molecule has 0 unspecified atom stereocenters. The first-order chi connectivity index (χ1) is 9.15. The van der Waals surface area contributed by atoms with Gasteiger partial charge < -0.3 is 9.80 Å². The topological polar surface area (TPSA) is 23.6 Å². The summed E-state index contributed by atoms with van der Waals surface area (Å²) in [5.41, 5.74) is 0.821. The summed E-state index contributed by atoms with van der Waals surface area (Å²) in [5.74, 6) is 0.278. The predicted octanol–water partition coefficient (Wildman–Crippen LogP) is 3.26. The van der Waals surface area contributed by atoms with E-state index in [9.17, 15) is 4.79 Å². The molecular formula is C16H24N2O. The number of nitrogens with zero attached hydrogens (tertiary/aromatic N) is 2. The molecule has 104 valence electrons. The second-order valence-corrected chi connectivity index (χ2v) is 5.44. The highest BCUT2D eigenvalue weighted by Crippen LogP contribution is 2.37. The van der Waals surface area contributed by atoms with Gasteiger partial charge in [-0.25, -0.2) is 0 Å². The van der Waals surface area contributed by atoms with E-state index in [-0.39, 0.29) is 11.4 Å². The Morgan fingerprint density at radius 1 is 1.11 bits per heavy atom. The third kappa shape index (κ3) is 2.34. The van der Waals surface area contributed by atoms with E-state index < -0.39 is 0 Å². The van der Waals surface area contributed by atoms with Gasteiger partial charge in [-0.1, -0.05) is 44.9 Å². The van der Waals surface area contributed by atoms with Crippen LogP contribution in [0.2, 0.25) is 0 Å². The van der Waals surface area contributed by atoms with Crippen LogP contribution in [0.25, 0.3) is 0 Å². The first kappa shape index (κ1) is 13.9. The maximum Gasteiger partial charge on any atom is 0.249 e. The summed E-state index contributed by atoms with van der Waals surface area (Å²) >= 11 is 0. The summed E-state index contributed by atoms with van der Waals surface area (Å²) < 4.78 is 0. The molecule has 0 aromatic heterocycles. The monoisotopic (exact) mass is 260 g/mol. The highest BCUT2D eigenvalue weighted by molar-refractivity contribution is 5.93. The molecule has 0 spiro atoms. The van der Waals surface area contributed by atoms with Crippen LogP contribution in [-0.4, -0.2) is 30.1 Å². The lowest BCUT2D eigenvalue weighted by Crippen LogP contribution is -2.49. The lowest BCUT2D eigenvalue weighted by atomic mass is 9.86. The Balaban J connectivity index is 2.42. The summed E-state index contributed by atoms with van der Waals surface area (Å²) in [6, 6.07) is 10.3.